The van der Waals surface area contributed by atoms with E-state index in [4.69, 9.17) is 9.84 Å². The summed E-state index contributed by atoms with van der Waals surface area (Å²) in [4.78, 5) is 33.1. The van der Waals surface area contributed by atoms with E-state index in [-0.39, 0.29) is 11.8 Å². The maximum Gasteiger partial charge on any atom is 0.306 e. The number of hydrogen-bond donors (Lipinski definition) is 2. The molecular formula is C18H21N3O4. The van der Waals surface area contributed by atoms with E-state index < -0.39 is 5.97 Å². The maximum absolute atomic E-state index is 12.7. The lowest BCUT2D eigenvalue weighted by atomic mass is 9.97. The summed E-state index contributed by atoms with van der Waals surface area (Å²) in [5.74, 6) is 0.0158. The van der Waals surface area contributed by atoms with E-state index in [0.717, 1.165) is 11.3 Å². The summed E-state index contributed by atoms with van der Waals surface area (Å²) in [6, 6.07) is 7.46. The van der Waals surface area contributed by atoms with Gasteiger partial charge < -0.3 is 19.7 Å². The lowest BCUT2D eigenvalue weighted by Gasteiger charge is -2.29. The number of benzene rings is 1. The largest absolute Gasteiger partial charge is 0.497 e. The molecule has 0 bridgehead atoms. The third-order valence-corrected chi connectivity index (χ3v) is 4.56. The number of ether oxygens (including phenoxy) is 1. The summed E-state index contributed by atoms with van der Waals surface area (Å²) >= 11 is 0. The molecule has 3 rings (SSSR count). The summed E-state index contributed by atoms with van der Waals surface area (Å²) in [5.41, 5.74) is 1.92. The van der Waals surface area contributed by atoms with Crippen LogP contribution in [0.15, 0.2) is 24.3 Å². The third-order valence-electron chi connectivity index (χ3n) is 4.56. The molecule has 2 heterocycles. The van der Waals surface area contributed by atoms with Crippen molar-refractivity contribution in [3.8, 4) is 17.1 Å². The number of nitrogens with zero attached hydrogens (tertiary/aromatic N) is 2. The van der Waals surface area contributed by atoms with Gasteiger partial charge in [0.25, 0.3) is 5.91 Å². The number of hydrogen-bond acceptors (Lipinski definition) is 4. The SMILES string of the molecule is COc1cccc(-c2nc(C(=O)N3CCC(C(=O)O)CC3)c(C)[nH]2)c1. The number of carboxylic acid groups (broad SMARTS) is 1. The van der Waals surface area contributed by atoms with E-state index in [1.165, 1.54) is 0 Å². The van der Waals surface area contributed by atoms with Gasteiger partial charge in [-0.25, -0.2) is 4.98 Å². The predicted octanol–water partition coefficient (Wildman–Crippen LogP) is 2.33. The molecule has 132 valence electrons. The first kappa shape index (κ1) is 17.0. The molecule has 0 unspecified atom stereocenters. The summed E-state index contributed by atoms with van der Waals surface area (Å²) in [5, 5.41) is 9.07. The van der Waals surface area contributed by atoms with Crippen molar-refractivity contribution < 1.29 is 19.4 Å². The third kappa shape index (κ3) is 3.50. The Morgan fingerprint density at radius 2 is 2.04 bits per heavy atom. The smallest absolute Gasteiger partial charge is 0.306 e. The number of nitrogens with one attached hydrogen (secondary N) is 1. The molecule has 0 atom stereocenters. The second-order valence-corrected chi connectivity index (χ2v) is 6.20. The summed E-state index contributed by atoms with van der Waals surface area (Å²) in [7, 11) is 1.60. The molecule has 1 saturated heterocycles. The highest BCUT2D eigenvalue weighted by molar-refractivity contribution is 5.94. The van der Waals surface area contributed by atoms with E-state index in [2.05, 4.69) is 9.97 Å². The van der Waals surface area contributed by atoms with Gasteiger partial charge in [-0.05, 0) is 31.9 Å². The molecule has 2 N–H and O–H groups in total. The minimum atomic E-state index is -0.789. The average Bonchev–Trinajstić information content (AvgIpc) is 3.03. The van der Waals surface area contributed by atoms with Crippen LogP contribution in [-0.2, 0) is 4.79 Å². The Morgan fingerprint density at radius 3 is 2.68 bits per heavy atom. The number of amides is 1. The van der Waals surface area contributed by atoms with Gasteiger partial charge in [0.15, 0.2) is 0 Å². The van der Waals surface area contributed by atoms with Crippen LogP contribution in [0.25, 0.3) is 11.4 Å². The normalized spacial score (nSPS) is 15.2. The average molecular weight is 343 g/mol. The molecule has 1 aromatic heterocycles. The number of aryl methyl sites for hydroxylation is 1. The van der Waals surface area contributed by atoms with E-state index in [1.54, 1.807) is 12.0 Å². The fourth-order valence-corrected chi connectivity index (χ4v) is 3.06. The first-order chi connectivity index (χ1) is 12.0. The van der Waals surface area contributed by atoms with Gasteiger partial charge in [-0.2, -0.15) is 0 Å². The van der Waals surface area contributed by atoms with Crippen molar-refractivity contribution in [1.82, 2.24) is 14.9 Å². The Bertz CT molecular complexity index is 791. The lowest BCUT2D eigenvalue weighted by Crippen LogP contribution is -2.40. The molecule has 2 aromatic rings. The molecule has 0 spiro atoms. The molecule has 1 amide bonds. The van der Waals surface area contributed by atoms with Crippen LogP contribution < -0.4 is 4.74 Å². The van der Waals surface area contributed by atoms with Gasteiger partial charge in [-0.1, -0.05) is 12.1 Å². The zero-order valence-corrected chi connectivity index (χ0v) is 14.3. The highest BCUT2D eigenvalue weighted by Crippen LogP contribution is 2.24. The predicted molar refractivity (Wildman–Crippen MR) is 91.6 cm³/mol. The molecule has 1 fully saturated rings. The molecule has 1 aliphatic heterocycles. The number of carbonyl (C=O) groups excluding carboxylic acids is 1. The Hall–Kier alpha value is -2.83. The van der Waals surface area contributed by atoms with Gasteiger partial charge in [0.2, 0.25) is 0 Å². The number of piperidine rings is 1. The van der Waals surface area contributed by atoms with Gasteiger partial charge in [0.05, 0.1) is 13.0 Å². The summed E-state index contributed by atoms with van der Waals surface area (Å²) in [6.45, 7) is 2.70. The standard InChI is InChI=1S/C18H21N3O4/c1-11-15(17(22)21-8-6-12(7-9-21)18(23)24)20-16(19-11)13-4-3-5-14(10-13)25-2/h3-5,10,12H,6-9H2,1-2H3,(H,19,20)(H,23,24). The molecule has 1 aliphatic rings. The van der Waals surface area contributed by atoms with Crippen molar-refractivity contribution in [2.45, 2.75) is 19.8 Å². The van der Waals surface area contributed by atoms with E-state index in [1.807, 2.05) is 31.2 Å². The van der Waals surface area contributed by atoms with Crippen molar-refractivity contribution in [1.29, 1.82) is 0 Å². The second kappa shape index (κ2) is 6.96. The minimum Gasteiger partial charge on any atom is -0.497 e. The zero-order chi connectivity index (χ0) is 18.0. The first-order valence-electron chi connectivity index (χ1n) is 8.22. The van der Waals surface area contributed by atoms with E-state index in [0.29, 0.717) is 43.1 Å². The highest BCUT2D eigenvalue weighted by atomic mass is 16.5. The van der Waals surface area contributed by atoms with Crippen LogP contribution in [0.4, 0.5) is 0 Å². The highest BCUT2D eigenvalue weighted by Gasteiger charge is 2.29. The number of rotatable bonds is 4. The number of H-pyrrole nitrogens is 1. The fraction of sp³-hybridized carbons (Fsp3) is 0.389. The van der Waals surface area contributed by atoms with Crippen molar-refractivity contribution >= 4 is 11.9 Å². The number of methoxy groups -OCH3 is 1. The molecule has 7 heteroatoms. The number of carbonyl (C=O) groups is 2. The molecule has 0 radical (unpaired) electrons. The van der Waals surface area contributed by atoms with Crippen LogP contribution in [0.2, 0.25) is 0 Å². The van der Waals surface area contributed by atoms with Gasteiger partial charge in [0.1, 0.15) is 17.3 Å². The van der Waals surface area contributed by atoms with Crippen molar-refractivity contribution in [2.24, 2.45) is 5.92 Å². The van der Waals surface area contributed by atoms with Crippen LogP contribution in [-0.4, -0.2) is 52.1 Å². The van der Waals surface area contributed by atoms with E-state index in [9.17, 15) is 9.59 Å². The number of likely N-dealkylation sites (tertiary alicyclic amines) is 1. The summed E-state index contributed by atoms with van der Waals surface area (Å²) < 4.78 is 5.22. The van der Waals surface area contributed by atoms with Crippen LogP contribution in [0.1, 0.15) is 29.0 Å². The first-order valence-corrected chi connectivity index (χ1v) is 8.22. The number of imidazole rings is 1. The van der Waals surface area contributed by atoms with Gasteiger partial charge >= 0.3 is 5.97 Å². The molecule has 0 saturated carbocycles. The van der Waals surface area contributed by atoms with Gasteiger partial charge in [-0.15, -0.1) is 0 Å². The zero-order valence-electron chi connectivity index (χ0n) is 14.3. The number of carboxylic acids is 1. The molecule has 25 heavy (non-hydrogen) atoms. The Kier molecular flexibility index (Phi) is 4.74. The molecular weight excluding hydrogens is 322 g/mol. The monoisotopic (exact) mass is 343 g/mol. The lowest BCUT2D eigenvalue weighted by molar-refractivity contribution is -0.143. The number of aliphatic carboxylic acids is 1. The minimum absolute atomic E-state index is 0.160. The van der Waals surface area contributed by atoms with Gasteiger partial charge in [-0.3, -0.25) is 9.59 Å². The van der Waals surface area contributed by atoms with Gasteiger partial charge in [0, 0.05) is 24.3 Å². The van der Waals surface area contributed by atoms with Crippen LogP contribution >= 0.6 is 0 Å². The van der Waals surface area contributed by atoms with Crippen molar-refractivity contribution in [2.75, 3.05) is 20.2 Å². The van der Waals surface area contributed by atoms with E-state index >= 15 is 0 Å². The Labute approximate surface area is 145 Å². The number of aromatic amines is 1. The fourth-order valence-electron chi connectivity index (χ4n) is 3.06. The van der Waals surface area contributed by atoms with Crippen LogP contribution in [0.3, 0.4) is 0 Å². The Morgan fingerprint density at radius 1 is 1.32 bits per heavy atom. The second-order valence-electron chi connectivity index (χ2n) is 6.20. The molecule has 0 aliphatic carbocycles. The number of aromatic nitrogens is 2. The topological polar surface area (TPSA) is 95.5 Å². The molecule has 7 nitrogen and oxygen atoms in total. The van der Waals surface area contributed by atoms with Crippen LogP contribution in [0.5, 0.6) is 5.75 Å². The molecule has 1 aromatic carbocycles. The Balaban J connectivity index is 1.78. The van der Waals surface area contributed by atoms with Crippen molar-refractivity contribution in [3.63, 3.8) is 0 Å². The van der Waals surface area contributed by atoms with Crippen molar-refractivity contribution in [3.05, 3.63) is 35.7 Å². The maximum atomic E-state index is 12.7. The quantitative estimate of drug-likeness (QED) is 0.888. The van der Waals surface area contributed by atoms with Crippen LogP contribution in [0, 0.1) is 12.8 Å². The summed E-state index contributed by atoms with van der Waals surface area (Å²) in [6.07, 6.45) is 0.959.